The smallest absolute Gasteiger partial charge is 0.243 e. The summed E-state index contributed by atoms with van der Waals surface area (Å²) in [4.78, 5) is 9.40. The highest BCUT2D eigenvalue weighted by Crippen LogP contribution is 2.31. The van der Waals surface area contributed by atoms with Gasteiger partial charge in [0, 0.05) is 10.3 Å². The lowest BCUT2D eigenvalue weighted by molar-refractivity contribution is -0.832. The first-order valence-corrected chi connectivity index (χ1v) is 9.47. The van der Waals surface area contributed by atoms with E-state index >= 15 is 0 Å². The number of nitrogens with one attached hydrogen (secondary N) is 1. The number of hydrogen-bond donors (Lipinski definition) is 2. The second-order valence-electron chi connectivity index (χ2n) is 5.86. The number of aromatic amines is 1. The molecule has 25 heavy (non-hydrogen) atoms. The van der Waals surface area contributed by atoms with Crippen LogP contribution in [0.15, 0.2) is 59.5 Å². The summed E-state index contributed by atoms with van der Waals surface area (Å²) in [6.45, 7) is 4.00. The summed E-state index contributed by atoms with van der Waals surface area (Å²) in [5, 5.41) is 1.02. The standard InChI is InChI=1S/C20H22N2O2S/c1-4-8-17-18-13-15(11-12-19(18)21-20(17)22-24-3)14(2)25(23)16-9-6-5-7-10-16/h4-14,21-22H,1-3H3/p+1/b8-4-. The van der Waals surface area contributed by atoms with E-state index in [1.165, 1.54) is 0 Å². The first kappa shape index (κ1) is 17.6. The van der Waals surface area contributed by atoms with Crippen LogP contribution in [0.25, 0.3) is 17.0 Å². The Labute approximate surface area is 150 Å². The van der Waals surface area contributed by atoms with E-state index in [4.69, 9.17) is 4.84 Å². The van der Waals surface area contributed by atoms with E-state index in [1.54, 1.807) is 12.6 Å². The number of fused-ring (bicyclic) bond motifs is 1. The molecule has 0 saturated heterocycles. The van der Waals surface area contributed by atoms with Gasteiger partial charge in [-0.25, -0.2) is 4.84 Å². The van der Waals surface area contributed by atoms with E-state index in [0.29, 0.717) is 0 Å². The molecule has 0 amide bonds. The second-order valence-corrected chi connectivity index (χ2v) is 7.64. The van der Waals surface area contributed by atoms with Gasteiger partial charge in [-0.2, -0.15) is 5.48 Å². The lowest BCUT2D eigenvalue weighted by atomic mass is 10.1. The molecule has 130 valence electrons. The van der Waals surface area contributed by atoms with Crippen molar-refractivity contribution in [1.29, 1.82) is 0 Å². The van der Waals surface area contributed by atoms with E-state index in [0.717, 1.165) is 32.7 Å². The van der Waals surface area contributed by atoms with Gasteiger partial charge < -0.3 is 4.98 Å². The zero-order valence-corrected chi connectivity index (χ0v) is 15.5. The van der Waals surface area contributed by atoms with Crippen LogP contribution in [0.3, 0.4) is 0 Å². The van der Waals surface area contributed by atoms with E-state index < -0.39 is 10.8 Å². The SMILES string of the molecule is C/C=C\c1c([NH2+]OC)[nH]c2ccc(C(C)S(=O)c3ccccc3)cc12. The van der Waals surface area contributed by atoms with Crippen molar-refractivity contribution in [2.45, 2.75) is 24.0 Å². The Morgan fingerprint density at radius 1 is 1.20 bits per heavy atom. The molecule has 3 rings (SSSR count). The average Bonchev–Trinajstić information content (AvgIpc) is 2.98. The zero-order chi connectivity index (χ0) is 17.8. The molecule has 5 heteroatoms. The molecule has 2 aromatic carbocycles. The van der Waals surface area contributed by atoms with Crippen LogP contribution in [-0.4, -0.2) is 16.3 Å². The molecule has 3 aromatic rings. The fraction of sp³-hybridized carbons (Fsp3) is 0.200. The molecular weight excluding hydrogens is 332 g/mol. The number of aromatic nitrogens is 1. The van der Waals surface area contributed by atoms with Gasteiger partial charge >= 0.3 is 0 Å². The van der Waals surface area contributed by atoms with Crippen molar-refractivity contribution < 1.29 is 14.5 Å². The predicted octanol–water partition coefficient (Wildman–Crippen LogP) is 3.83. The molecule has 0 saturated carbocycles. The number of rotatable bonds is 6. The summed E-state index contributed by atoms with van der Waals surface area (Å²) < 4.78 is 12.9. The molecule has 0 aliphatic carbocycles. The summed E-state index contributed by atoms with van der Waals surface area (Å²) >= 11 is 0. The maximum atomic E-state index is 12.9. The Kier molecular flexibility index (Phi) is 5.48. The highest BCUT2D eigenvalue weighted by atomic mass is 32.2. The normalized spacial score (nSPS) is 14.2. The van der Waals surface area contributed by atoms with Crippen LogP contribution >= 0.6 is 0 Å². The van der Waals surface area contributed by atoms with E-state index in [1.807, 2.05) is 62.4 Å². The predicted molar refractivity (Wildman–Crippen MR) is 103 cm³/mol. The molecule has 0 bridgehead atoms. The summed E-state index contributed by atoms with van der Waals surface area (Å²) in [7, 11) is 0.551. The van der Waals surface area contributed by atoms with E-state index in [2.05, 4.69) is 17.1 Å². The zero-order valence-electron chi connectivity index (χ0n) is 14.7. The van der Waals surface area contributed by atoms with Crippen molar-refractivity contribution in [3.8, 4) is 0 Å². The number of benzene rings is 2. The fourth-order valence-corrected chi connectivity index (χ4v) is 4.17. The fourth-order valence-electron chi connectivity index (χ4n) is 2.94. The molecule has 3 N–H and O–H groups in total. The Hall–Kier alpha value is -2.21. The van der Waals surface area contributed by atoms with Gasteiger partial charge in [0.1, 0.15) is 0 Å². The van der Waals surface area contributed by atoms with Crippen molar-refractivity contribution in [3.05, 3.63) is 65.7 Å². The van der Waals surface area contributed by atoms with Crippen LogP contribution < -0.4 is 5.48 Å². The summed E-state index contributed by atoms with van der Waals surface area (Å²) in [5.41, 5.74) is 4.89. The van der Waals surface area contributed by atoms with Gasteiger partial charge in [0.2, 0.25) is 5.82 Å². The lowest BCUT2D eigenvalue weighted by Gasteiger charge is -2.12. The highest BCUT2D eigenvalue weighted by molar-refractivity contribution is 7.85. The van der Waals surface area contributed by atoms with Crippen LogP contribution in [0.5, 0.6) is 0 Å². The lowest BCUT2D eigenvalue weighted by Crippen LogP contribution is -2.76. The third-order valence-electron chi connectivity index (χ3n) is 4.23. The van der Waals surface area contributed by atoms with Gasteiger partial charge in [-0.1, -0.05) is 36.4 Å². The summed E-state index contributed by atoms with van der Waals surface area (Å²) in [6.07, 6.45) is 4.07. The molecule has 2 unspecified atom stereocenters. The van der Waals surface area contributed by atoms with Gasteiger partial charge in [-0.05, 0) is 43.7 Å². The number of allylic oxidation sites excluding steroid dienone is 1. The van der Waals surface area contributed by atoms with Gasteiger partial charge in [-0.15, -0.1) is 0 Å². The molecule has 0 aliphatic heterocycles. The molecule has 1 aromatic heterocycles. The molecule has 0 radical (unpaired) electrons. The van der Waals surface area contributed by atoms with Gasteiger partial charge in [0.15, 0.2) is 0 Å². The second kappa shape index (κ2) is 7.78. The monoisotopic (exact) mass is 355 g/mol. The molecule has 0 aliphatic rings. The van der Waals surface area contributed by atoms with Gasteiger partial charge in [0.25, 0.3) is 0 Å². The van der Waals surface area contributed by atoms with Gasteiger partial charge in [-0.3, -0.25) is 4.21 Å². The summed E-state index contributed by atoms with van der Waals surface area (Å²) in [6, 6.07) is 15.8. The topological polar surface area (TPSA) is 58.7 Å². The van der Waals surface area contributed by atoms with Crippen LogP contribution in [0.1, 0.15) is 30.2 Å². The number of hydrogen-bond acceptors (Lipinski definition) is 2. The molecule has 0 fully saturated rings. The van der Waals surface area contributed by atoms with E-state index in [-0.39, 0.29) is 5.25 Å². The molecule has 1 heterocycles. The van der Waals surface area contributed by atoms with Crippen molar-refractivity contribution in [2.24, 2.45) is 0 Å². The third-order valence-corrected chi connectivity index (χ3v) is 5.88. The Morgan fingerprint density at radius 3 is 2.64 bits per heavy atom. The minimum Gasteiger partial charge on any atom is -0.308 e. The largest absolute Gasteiger partial charge is 0.308 e. The van der Waals surface area contributed by atoms with Gasteiger partial charge in [0.05, 0.1) is 34.2 Å². The number of nitrogens with two attached hydrogens (primary N) is 1. The summed E-state index contributed by atoms with van der Waals surface area (Å²) in [5.74, 6) is 0.935. The first-order chi connectivity index (χ1) is 12.2. The Bertz CT molecular complexity index is 916. The Balaban J connectivity index is 2.02. The Morgan fingerprint density at radius 2 is 1.96 bits per heavy atom. The van der Waals surface area contributed by atoms with Crippen LogP contribution in [0.4, 0.5) is 5.82 Å². The first-order valence-electron chi connectivity index (χ1n) is 8.25. The minimum atomic E-state index is -1.09. The molecule has 2 atom stereocenters. The quantitative estimate of drug-likeness (QED) is 0.660. The van der Waals surface area contributed by atoms with Crippen LogP contribution in [0.2, 0.25) is 0 Å². The number of quaternary nitrogens is 1. The van der Waals surface area contributed by atoms with Crippen LogP contribution in [-0.2, 0) is 15.6 Å². The molecule has 4 nitrogen and oxygen atoms in total. The maximum absolute atomic E-state index is 12.9. The van der Waals surface area contributed by atoms with E-state index in [9.17, 15) is 4.21 Å². The van der Waals surface area contributed by atoms with Crippen molar-refractivity contribution >= 4 is 33.6 Å². The molecular formula is C20H23N2O2S+. The average molecular weight is 355 g/mol. The maximum Gasteiger partial charge on any atom is 0.243 e. The molecule has 0 spiro atoms. The van der Waals surface area contributed by atoms with Crippen molar-refractivity contribution in [2.75, 3.05) is 7.11 Å². The van der Waals surface area contributed by atoms with Crippen molar-refractivity contribution in [1.82, 2.24) is 4.98 Å². The van der Waals surface area contributed by atoms with Crippen LogP contribution in [0, 0.1) is 0 Å². The third kappa shape index (κ3) is 3.58. The highest BCUT2D eigenvalue weighted by Gasteiger charge is 2.18. The van der Waals surface area contributed by atoms with Crippen molar-refractivity contribution in [3.63, 3.8) is 0 Å². The minimum absolute atomic E-state index is 0.0880. The number of H-pyrrole nitrogens is 1.